The number of aromatic nitrogens is 1. The quantitative estimate of drug-likeness (QED) is 0.886. The number of nitrogens with one attached hydrogen (secondary N) is 2. The predicted molar refractivity (Wildman–Crippen MR) is 76.2 cm³/mol. The molecule has 1 saturated heterocycles. The van der Waals surface area contributed by atoms with Gasteiger partial charge in [-0.15, -0.1) is 0 Å². The Kier molecular flexibility index (Phi) is 3.53. The standard InChI is InChI=1S/C15H21N3O/c1-10-18-13-6-5-11(8-15(13)19-10)14(16-2)9-12-4-3-7-17-12/h5-6,8,12,14,16-17H,3-4,7,9H2,1-2H3. The van der Waals surface area contributed by atoms with Gasteiger partial charge in [-0.2, -0.15) is 0 Å². The summed E-state index contributed by atoms with van der Waals surface area (Å²) in [5.74, 6) is 0.727. The highest BCUT2D eigenvalue weighted by molar-refractivity contribution is 5.73. The largest absolute Gasteiger partial charge is 0.441 e. The Hall–Kier alpha value is -1.39. The number of benzene rings is 1. The summed E-state index contributed by atoms with van der Waals surface area (Å²) in [6, 6.07) is 7.31. The van der Waals surface area contributed by atoms with E-state index in [9.17, 15) is 0 Å². The summed E-state index contributed by atoms with van der Waals surface area (Å²) in [5, 5.41) is 6.97. The van der Waals surface area contributed by atoms with Crippen molar-refractivity contribution in [3.05, 3.63) is 29.7 Å². The summed E-state index contributed by atoms with van der Waals surface area (Å²) >= 11 is 0. The molecule has 4 heteroatoms. The number of nitrogens with zero attached hydrogens (tertiary/aromatic N) is 1. The van der Waals surface area contributed by atoms with E-state index < -0.39 is 0 Å². The summed E-state index contributed by atoms with van der Waals surface area (Å²) in [7, 11) is 2.02. The lowest BCUT2D eigenvalue weighted by atomic mass is 9.98. The zero-order chi connectivity index (χ0) is 13.2. The molecular formula is C15H21N3O. The average molecular weight is 259 g/mol. The highest BCUT2D eigenvalue weighted by atomic mass is 16.3. The molecule has 4 nitrogen and oxygen atoms in total. The minimum atomic E-state index is 0.366. The van der Waals surface area contributed by atoms with Gasteiger partial charge in [0.05, 0.1) is 0 Å². The van der Waals surface area contributed by atoms with Gasteiger partial charge in [-0.25, -0.2) is 4.98 Å². The second-order valence-corrected chi connectivity index (χ2v) is 5.33. The van der Waals surface area contributed by atoms with E-state index in [0.717, 1.165) is 30.0 Å². The summed E-state index contributed by atoms with van der Waals surface area (Å²) < 4.78 is 5.62. The molecule has 1 fully saturated rings. The van der Waals surface area contributed by atoms with E-state index in [1.165, 1.54) is 18.4 Å². The van der Waals surface area contributed by atoms with Crippen LogP contribution in [0, 0.1) is 6.92 Å². The van der Waals surface area contributed by atoms with Crippen LogP contribution in [0.2, 0.25) is 0 Å². The molecule has 0 bridgehead atoms. The Morgan fingerprint density at radius 3 is 3.16 bits per heavy atom. The first-order valence-corrected chi connectivity index (χ1v) is 7.04. The van der Waals surface area contributed by atoms with Crippen molar-refractivity contribution >= 4 is 11.1 Å². The maximum Gasteiger partial charge on any atom is 0.192 e. The molecule has 0 radical (unpaired) electrons. The van der Waals surface area contributed by atoms with Crippen LogP contribution in [0.25, 0.3) is 11.1 Å². The van der Waals surface area contributed by atoms with E-state index in [2.05, 4.69) is 27.8 Å². The molecule has 1 aromatic heterocycles. The van der Waals surface area contributed by atoms with Crippen molar-refractivity contribution in [2.75, 3.05) is 13.6 Å². The molecule has 1 aliphatic heterocycles. The fraction of sp³-hybridized carbons (Fsp3) is 0.533. The van der Waals surface area contributed by atoms with Crippen LogP contribution in [-0.2, 0) is 0 Å². The summed E-state index contributed by atoms with van der Waals surface area (Å²) in [4.78, 5) is 4.34. The highest BCUT2D eigenvalue weighted by Gasteiger charge is 2.20. The van der Waals surface area contributed by atoms with Gasteiger partial charge in [-0.3, -0.25) is 0 Å². The molecule has 19 heavy (non-hydrogen) atoms. The fourth-order valence-electron chi connectivity index (χ4n) is 2.94. The number of hydrogen-bond donors (Lipinski definition) is 2. The molecular weight excluding hydrogens is 238 g/mol. The molecule has 0 spiro atoms. The number of rotatable bonds is 4. The van der Waals surface area contributed by atoms with Crippen LogP contribution in [0.4, 0.5) is 0 Å². The van der Waals surface area contributed by atoms with Crippen LogP contribution in [0.3, 0.4) is 0 Å². The van der Waals surface area contributed by atoms with Crippen LogP contribution in [0.1, 0.15) is 36.8 Å². The van der Waals surface area contributed by atoms with Crippen molar-refractivity contribution in [3.63, 3.8) is 0 Å². The van der Waals surface area contributed by atoms with Gasteiger partial charge in [0.1, 0.15) is 5.52 Å². The average Bonchev–Trinajstić information content (AvgIpc) is 3.02. The van der Waals surface area contributed by atoms with Gasteiger partial charge in [-0.1, -0.05) is 6.07 Å². The van der Waals surface area contributed by atoms with Crippen molar-refractivity contribution in [2.45, 2.75) is 38.3 Å². The van der Waals surface area contributed by atoms with Gasteiger partial charge in [0.15, 0.2) is 11.5 Å². The highest BCUT2D eigenvalue weighted by Crippen LogP contribution is 2.25. The Morgan fingerprint density at radius 2 is 2.42 bits per heavy atom. The Morgan fingerprint density at radius 1 is 1.53 bits per heavy atom. The third-order valence-corrected chi connectivity index (χ3v) is 3.95. The Labute approximate surface area is 113 Å². The lowest BCUT2D eigenvalue weighted by Crippen LogP contribution is -2.28. The minimum absolute atomic E-state index is 0.366. The summed E-state index contributed by atoms with van der Waals surface area (Å²) in [6.45, 7) is 3.04. The SMILES string of the molecule is CNC(CC1CCCN1)c1ccc2nc(C)oc2c1. The third kappa shape index (κ3) is 2.65. The molecule has 0 amide bonds. The topological polar surface area (TPSA) is 50.1 Å². The molecule has 2 N–H and O–H groups in total. The second-order valence-electron chi connectivity index (χ2n) is 5.33. The predicted octanol–water partition coefficient (Wildman–Crippen LogP) is 2.54. The van der Waals surface area contributed by atoms with Crippen molar-refractivity contribution in [1.82, 2.24) is 15.6 Å². The van der Waals surface area contributed by atoms with E-state index in [1.807, 2.05) is 20.0 Å². The molecule has 0 aliphatic carbocycles. The van der Waals surface area contributed by atoms with Gasteiger partial charge in [-0.05, 0) is 50.6 Å². The zero-order valence-electron chi connectivity index (χ0n) is 11.6. The van der Waals surface area contributed by atoms with Crippen molar-refractivity contribution < 1.29 is 4.42 Å². The molecule has 2 heterocycles. The lowest BCUT2D eigenvalue weighted by Gasteiger charge is -2.20. The molecule has 1 aromatic carbocycles. The van der Waals surface area contributed by atoms with Crippen molar-refractivity contribution in [3.8, 4) is 0 Å². The van der Waals surface area contributed by atoms with E-state index in [1.54, 1.807) is 0 Å². The number of fused-ring (bicyclic) bond motifs is 1. The molecule has 1 aliphatic rings. The maximum atomic E-state index is 5.62. The van der Waals surface area contributed by atoms with Crippen LogP contribution in [0.5, 0.6) is 0 Å². The van der Waals surface area contributed by atoms with Crippen LogP contribution in [-0.4, -0.2) is 24.6 Å². The number of hydrogen-bond acceptors (Lipinski definition) is 4. The molecule has 2 unspecified atom stereocenters. The van der Waals surface area contributed by atoms with Gasteiger partial charge < -0.3 is 15.1 Å². The lowest BCUT2D eigenvalue weighted by molar-refractivity contribution is 0.453. The van der Waals surface area contributed by atoms with E-state index in [4.69, 9.17) is 4.42 Å². The smallest absolute Gasteiger partial charge is 0.192 e. The molecule has 2 atom stereocenters. The Balaban J connectivity index is 1.83. The first-order valence-electron chi connectivity index (χ1n) is 7.04. The second kappa shape index (κ2) is 5.31. The van der Waals surface area contributed by atoms with E-state index in [0.29, 0.717) is 12.1 Å². The van der Waals surface area contributed by atoms with Gasteiger partial charge in [0.2, 0.25) is 0 Å². The van der Waals surface area contributed by atoms with Crippen molar-refractivity contribution in [1.29, 1.82) is 0 Å². The van der Waals surface area contributed by atoms with E-state index in [-0.39, 0.29) is 0 Å². The number of aryl methyl sites for hydroxylation is 1. The first-order chi connectivity index (χ1) is 9.26. The van der Waals surface area contributed by atoms with Gasteiger partial charge in [0.25, 0.3) is 0 Å². The van der Waals surface area contributed by atoms with Crippen LogP contribution in [0.15, 0.2) is 22.6 Å². The first kappa shape index (κ1) is 12.6. The monoisotopic (exact) mass is 259 g/mol. The summed E-state index contributed by atoms with van der Waals surface area (Å²) in [6.07, 6.45) is 3.69. The normalized spacial score (nSPS) is 21.1. The Bertz CT molecular complexity index is 558. The third-order valence-electron chi connectivity index (χ3n) is 3.95. The van der Waals surface area contributed by atoms with Crippen molar-refractivity contribution in [2.24, 2.45) is 0 Å². The summed E-state index contributed by atoms with van der Waals surface area (Å²) in [5.41, 5.74) is 3.10. The van der Waals surface area contributed by atoms with Crippen LogP contribution >= 0.6 is 0 Å². The zero-order valence-corrected chi connectivity index (χ0v) is 11.6. The van der Waals surface area contributed by atoms with Crippen LogP contribution < -0.4 is 10.6 Å². The molecule has 3 rings (SSSR count). The van der Waals surface area contributed by atoms with E-state index >= 15 is 0 Å². The molecule has 2 aromatic rings. The molecule has 102 valence electrons. The number of oxazole rings is 1. The minimum Gasteiger partial charge on any atom is -0.441 e. The van der Waals surface area contributed by atoms with Gasteiger partial charge in [0, 0.05) is 19.0 Å². The molecule has 0 saturated carbocycles. The maximum absolute atomic E-state index is 5.62. The van der Waals surface area contributed by atoms with Gasteiger partial charge >= 0.3 is 0 Å². The fourth-order valence-corrected chi connectivity index (χ4v) is 2.94.